The van der Waals surface area contributed by atoms with Gasteiger partial charge in [0.1, 0.15) is 0 Å². The fourth-order valence-corrected chi connectivity index (χ4v) is 1.18. The lowest BCUT2D eigenvalue weighted by atomic mass is 10.2. The summed E-state index contributed by atoms with van der Waals surface area (Å²) in [4.78, 5) is 15.5. The Hall–Kier alpha value is -1.36. The van der Waals surface area contributed by atoms with Gasteiger partial charge in [0, 0.05) is 25.6 Å². The Bertz CT molecular complexity index is 370. The number of nitrogens with zero attached hydrogens (tertiary/aromatic N) is 2. The molecule has 13 heavy (non-hydrogen) atoms. The van der Waals surface area contributed by atoms with Crippen LogP contribution in [0.3, 0.4) is 0 Å². The number of aromatic nitrogens is 2. The minimum Gasteiger partial charge on any atom is -0.396 e. The van der Waals surface area contributed by atoms with E-state index in [4.69, 9.17) is 10.8 Å². The lowest BCUT2D eigenvalue weighted by molar-refractivity contribution is 0.298. The van der Waals surface area contributed by atoms with Gasteiger partial charge in [0.2, 0.25) is 5.95 Å². The number of anilines is 1. The van der Waals surface area contributed by atoms with Crippen molar-refractivity contribution in [2.24, 2.45) is 7.05 Å². The molecule has 0 aromatic carbocycles. The Kier molecular flexibility index (Phi) is 2.67. The predicted octanol–water partition coefficient (Wildman–Crippen LogP) is -0.794. The van der Waals surface area contributed by atoms with E-state index in [1.165, 1.54) is 4.57 Å². The summed E-state index contributed by atoms with van der Waals surface area (Å²) in [6, 6.07) is 0. The van der Waals surface area contributed by atoms with Gasteiger partial charge in [-0.15, -0.1) is 0 Å². The molecule has 1 aromatic heterocycles. The quantitative estimate of drug-likeness (QED) is 0.629. The van der Waals surface area contributed by atoms with Crippen molar-refractivity contribution in [3.8, 4) is 0 Å². The topological polar surface area (TPSA) is 81.1 Å². The van der Waals surface area contributed by atoms with E-state index in [-0.39, 0.29) is 18.1 Å². The maximum Gasteiger partial charge on any atom is 0.258 e. The molecule has 1 heterocycles. The van der Waals surface area contributed by atoms with Crippen LogP contribution in [0.1, 0.15) is 11.3 Å². The van der Waals surface area contributed by atoms with Crippen LogP contribution in [0.5, 0.6) is 0 Å². The van der Waals surface area contributed by atoms with Gasteiger partial charge in [-0.2, -0.15) is 0 Å². The molecule has 1 rings (SSSR count). The van der Waals surface area contributed by atoms with Gasteiger partial charge in [0.25, 0.3) is 5.56 Å². The van der Waals surface area contributed by atoms with Gasteiger partial charge < -0.3 is 10.8 Å². The minimum atomic E-state index is -0.181. The van der Waals surface area contributed by atoms with Crippen LogP contribution in [0.15, 0.2) is 4.79 Å². The average Bonchev–Trinajstić information content (AvgIpc) is 2.09. The molecule has 0 bridgehead atoms. The van der Waals surface area contributed by atoms with Gasteiger partial charge in [0.15, 0.2) is 0 Å². The zero-order valence-electron chi connectivity index (χ0n) is 7.74. The average molecular weight is 183 g/mol. The summed E-state index contributed by atoms with van der Waals surface area (Å²) < 4.78 is 1.28. The van der Waals surface area contributed by atoms with E-state index in [9.17, 15) is 4.79 Å². The highest BCUT2D eigenvalue weighted by atomic mass is 16.3. The van der Waals surface area contributed by atoms with E-state index in [0.717, 1.165) is 0 Å². The molecule has 0 aliphatic heterocycles. The minimum absolute atomic E-state index is 0.0539. The second kappa shape index (κ2) is 3.57. The molecule has 0 aliphatic rings. The molecule has 0 fully saturated rings. The lowest BCUT2D eigenvalue weighted by Crippen LogP contribution is -2.27. The van der Waals surface area contributed by atoms with Gasteiger partial charge in [-0.1, -0.05) is 0 Å². The number of aliphatic hydroxyl groups excluding tert-OH is 1. The van der Waals surface area contributed by atoms with Crippen LogP contribution in [0.2, 0.25) is 0 Å². The van der Waals surface area contributed by atoms with Crippen LogP contribution in [0.25, 0.3) is 0 Å². The standard InChI is InChI=1S/C8H13N3O2/c1-5-6(3-4-12)7(13)11(2)8(9)10-5/h12H,3-4H2,1-2H3,(H2,9,10). The molecule has 0 aliphatic carbocycles. The first-order valence-electron chi connectivity index (χ1n) is 4.00. The van der Waals surface area contributed by atoms with Crippen LogP contribution >= 0.6 is 0 Å². The third kappa shape index (κ3) is 1.70. The highest BCUT2D eigenvalue weighted by Gasteiger charge is 2.08. The van der Waals surface area contributed by atoms with Crippen LogP contribution < -0.4 is 11.3 Å². The third-order valence-corrected chi connectivity index (χ3v) is 1.99. The van der Waals surface area contributed by atoms with Crippen molar-refractivity contribution in [3.63, 3.8) is 0 Å². The molecule has 0 unspecified atom stereocenters. The molecule has 5 heteroatoms. The summed E-state index contributed by atoms with van der Waals surface area (Å²) in [5.74, 6) is 0.198. The molecule has 72 valence electrons. The van der Waals surface area contributed by atoms with E-state index in [0.29, 0.717) is 17.7 Å². The van der Waals surface area contributed by atoms with Gasteiger partial charge >= 0.3 is 0 Å². The molecular formula is C8H13N3O2. The molecule has 5 nitrogen and oxygen atoms in total. The van der Waals surface area contributed by atoms with Gasteiger partial charge in [0.05, 0.1) is 5.69 Å². The first kappa shape index (κ1) is 9.73. The Balaban J connectivity index is 3.35. The van der Waals surface area contributed by atoms with Crippen molar-refractivity contribution in [1.29, 1.82) is 0 Å². The van der Waals surface area contributed by atoms with Crippen LogP contribution in [-0.4, -0.2) is 21.3 Å². The molecule has 0 atom stereocenters. The molecule has 0 saturated carbocycles. The molecule has 3 N–H and O–H groups in total. The highest BCUT2D eigenvalue weighted by molar-refractivity contribution is 5.26. The maximum absolute atomic E-state index is 11.5. The first-order valence-corrected chi connectivity index (χ1v) is 4.00. The van der Waals surface area contributed by atoms with Crippen molar-refractivity contribution in [2.45, 2.75) is 13.3 Å². The van der Waals surface area contributed by atoms with Gasteiger partial charge in [-0.05, 0) is 6.92 Å². The van der Waals surface area contributed by atoms with Gasteiger partial charge in [-0.3, -0.25) is 9.36 Å². The number of rotatable bonds is 2. The zero-order chi connectivity index (χ0) is 10.0. The number of nitrogen functional groups attached to an aromatic ring is 1. The Morgan fingerprint density at radius 3 is 2.77 bits per heavy atom. The Labute approximate surface area is 75.8 Å². The molecule has 0 amide bonds. The summed E-state index contributed by atoms with van der Waals surface area (Å²) in [6.45, 7) is 1.66. The highest BCUT2D eigenvalue weighted by Crippen LogP contribution is 2.02. The van der Waals surface area contributed by atoms with Crippen molar-refractivity contribution < 1.29 is 5.11 Å². The number of hydrogen-bond donors (Lipinski definition) is 2. The van der Waals surface area contributed by atoms with Crippen LogP contribution in [0, 0.1) is 6.92 Å². The second-order valence-electron chi connectivity index (χ2n) is 2.87. The Morgan fingerprint density at radius 2 is 2.23 bits per heavy atom. The first-order chi connectivity index (χ1) is 6.07. The molecular weight excluding hydrogens is 170 g/mol. The summed E-state index contributed by atoms with van der Waals surface area (Å²) in [6.07, 6.45) is 0.325. The van der Waals surface area contributed by atoms with Crippen molar-refractivity contribution in [2.75, 3.05) is 12.3 Å². The number of nitrogens with two attached hydrogens (primary N) is 1. The van der Waals surface area contributed by atoms with Crippen molar-refractivity contribution in [1.82, 2.24) is 9.55 Å². The monoisotopic (exact) mass is 183 g/mol. The summed E-state index contributed by atoms with van der Waals surface area (Å²) in [5, 5.41) is 8.72. The van der Waals surface area contributed by atoms with E-state index < -0.39 is 0 Å². The summed E-state index contributed by atoms with van der Waals surface area (Å²) in [7, 11) is 1.56. The maximum atomic E-state index is 11.5. The van der Waals surface area contributed by atoms with Crippen LogP contribution in [-0.2, 0) is 13.5 Å². The number of aliphatic hydroxyl groups is 1. The second-order valence-corrected chi connectivity index (χ2v) is 2.87. The van der Waals surface area contributed by atoms with Crippen molar-refractivity contribution >= 4 is 5.95 Å². The summed E-state index contributed by atoms with van der Waals surface area (Å²) >= 11 is 0. The van der Waals surface area contributed by atoms with Gasteiger partial charge in [-0.25, -0.2) is 4.98 Å². The van der Waals surface area contributed by atoms with E-state index in [1.807, 2.05) is 0 Å². The van der Waals surface area contributed by atoms with E-state index in [2.05, 4.69) is 4.98 Å². The number of hydrogen-bond acceptors (Lipinski definition) is 4. The molecule has 0 spiro atoms. The van der Waals surface area contributed by atoms with Crippen molar-refractivity contribution in [3.05, 3.63) is 21.6 Å². The normalized spacial score (nSPS) is 10.4. The lowest BCUT2D eigenvalue weighted by Gasteiger charge is -2.07. The summed E-state index contributed by atoms with van der Waals surface area (Å²) in [5.41, 5.74) is 6.41. The fraction of sp³-hybridized carbons (Fsp3) is 0.500. The Morgan fingerprint density at radius 1 is 1.62 bits per heavy atom. The predicted molar refractivity (Wildman–Crippen MR) is 49.4 cm³/mol. The third-order valence-electron chi connectivity index (χ3n) is 1.99. The molecule has 0 saturated heterocycles. The molecule has 0 radical (unpaired) electrons. The number of aryl methyl sites for hydroxylation is 1. The smallest absolute Gasteiger partial charge is 0.258 e. The zero-order valence-corrected chi connectivity index (χ0v) is 7.74. The molecule has 1 aromatic rings. The van der Waals surface area contributed by atoms with E-state index >= 15 is 0 Å². The van der Waals surface area contributed by atoms with Crippen LogP contribution in [0.4, 0.5) is 5.95 Å². The largest absolute Gasteiger partial charge is 0.396 e. The fourth-order valence-electron chi connectivity index (χ4n) is 1.18. The SMILES string of the molecule is Cc1nc(N)n(C)c(=O)c1CCO. The van der Waals surface area contributed by atoms with E-state index in [1.54, 1.807) is 14.0 Å².